The molecule has 3 heterocycles. The summed E-state index contributed by atoms with van der Waals surface area (Å²) in [4.78, 5) is 26.7. The zero-order valence-corrected chi connectivity index (χ0v) is 14.9. The van der Waals surface area contributed by atoms with Crippen LogP contribution in [-0.2, 0) is 11.3 Å². The average Bonchev–Trinajstić information content (AvgIpc) is 2.97. The van der Waals surface area contributed by atoms with E-state index < -0.39 is 5.56 Å². The van der Waals surface area contributed by atoms with Gasteiger partial charge in [-0.3, -0.25) is 9.59 Å². The first kappa shape index (κ1) is 17.3. The Labute approximate surface area is 146 Å². The monoisotopic (exact) mass is 344 g/mol. The van der Waals surface area contributed by atoms with Crippen molar-refractivity contribution >= 4 is 11.6 Å². The molecule has 1 aliphatic heterocycles. The van der Waals surface area contributed by atoms with Gasteiger partial charge in [0, 0.05) is 13.1 Å². The Morgan fingerprint density at radius 2 is 2.00 bits per heavy atom. The maximum absolute atomic E-state index is 12.6. The number of hydrogen-bond donors (Lipinski definition) is 1. The molecule has 7 heteroatoms. The molecule has 2 atom stereocenters. The molecule has 0 aliphatic carbocycles. The van der Waals surface area contributed by atoms with Crippen LogP contribution in [0.3, 0.4) is 0 Å². The zero-order chi connectivity index (χ0) is 18.1. The van der Waals surface area contributed by atoms with Crippen LogP contribution in [-0.4, -0.2) is 33.7 Å². The van der Waals surface area contributed by atoms with E-state index in [2.05, 4.69) is 18.9 Å². The maximum Gasteiger partial charge on any atom is 0.290 e. The minimum Gasteiger partial charge on any atom is -0.460 e. The molecule has 1 amide bonds. The van der Waals surface area contributed by atoms with Crippen LogP contribution in [0.4, 0.5) is 5.69 Å². The minimum atomic E-state index is -0.460. The van der Waals surface area contributed by atoms with Crippen molar-refractivity contribution in [3.63, 3.8) is 0 Å². The standard InChI is InChI=1S/C18H24N4O3/c1-11-6-12(2)9-21(8-11)17(23)10-22-18(24)14(19)7-15(20-22)16-5-4-13(3)25-16/h4-5,7,11-12H,6,8-10,19H2,1-3H3/t11-,12-/m1/s1. The number of aromatic nitrogens is 2. The number of nitrogens with two attached hydrogens (primary N) is 1. The summed E-state index contributed by atoms with van der Waals surface area (Å²) < 4.78 is 6.67. The van der Waals surface area contributed by atoms with Gasteiger partial charge >= 0.3 is 0 Å². The Balaban J connectivity index is 1.85. The normalized spacial score (nSPS) is 20.7. The topological polar surface area (TPSA) is 94.4 Å². The number of likely N-dealkylation sites (tertiary alicyclic amines) is 1. The van der Waals surface area contributed by atoms with Crippen LogP contribution in [0.1, 0.15) is 26.0 Å². The number of carbonyl (C=O) groups is 1. The number of carbonyl (C=O) groups excluding carboxylic acids is 1. The Hall–Kier alpha value is -2.57. The zero-order valence-electron chi connectivity index (χ0n) is 14.9. The molecular weight excluding hydrogens is 320 g/mol. The van der Waals surface area contributed by atoms with Crippen molar-refractivity contribution in [2.24, 2.45) is 11.8 Å². The largest absolute Gasteiger partial charge is 0.460 e. The lowest BCUT2D eigenvalue weighted by molar-refractivity contribution is -0.134. The van der Waals surface area contributed by atoms with Gasteiger partial charge < -0.3 is 15.1 Å². The molecule has 3 rings (SSSR count). The van der Waals surface area contributed by atoms with Gasteiger partial charge in [0.2, 0.25) is 5.91 Å². The van der Waals surface area contributed by atoms with E-state index in [0.717, 1.165) is 16.9 Å². The van der Waals surface area contributed by atoms with E-state index in [1.54, 1.807) is 6.07 Å². The Morgan fingerprint density at radius 3 is 2.60 bits per heavy atom. The molecule has 2 aromatic heterocycles. The summed E-state index contributed by atoms with van der Waals surface area (Å²) in [6.07, 6.45) is 1.11. The van der Waals surface area contributed by atoms with E-state index >= 15 is 0 Å². The van der Waals surface area contributed by atoms with E-state index in [-0.39, 0.29) is 18.1 Å². The van der Waals surface area contributed by atoms with Gasteiger partial charge in [-0.1, -0.05) is 13.8 Å². The molecule has 25 heavy (non-hydrogen) atoms. The highest BCUT2D eigenvalue weighted by molar-refractivity contribution is 5.76. The number of hydrogen-bond acceptors (Lipinski definition) is 5. The van der Waals surface area contributed by atoms with Crippen LogP contribution in [0, 0.1) is 18.8 Å². The van der Waals surface area contributed by atoms with E-state index in [0.29, 0.717) is 36.4 Å². The van der Waals surface area contributed by atoms with Gasteiger partial charge in [-0.25, -0.2) is 4.68 Å². The van der Waals surface area contributed by atoms with Gasteiger partial charge in [-0.05, 0) is 43.4 Å². The quantitative estimate of drug-likeness (QED) is 0.917. The number of rotatable bonds is 3. The third kappa shape index (κ3) is 3.75. The van der Waals surface area contributed by atoms with Gasteiger partial charge in [0.1, 0.15) is 23.7 Å². The van der Waals surface area contributed by atoms with Crippen LogP contribution in [0.5, 0.6) is 0 Å². The van der Waals surface area contributed by atoms with E-state index in [1.807, 2.05) is 17.9 Å². The Bertz CT molecular complexity index is 829. The highest BCUT2D eigenvalue weighted by Gasteiger charge is 2.26. The molecule has 0 saturated carbocycles. The molecule has 0 spiro atoms. The highest BCUT2D eigenvalue weighted by Crippen LogP contribution is 2.22. The second-order valence-corrected chi connectivity index (χ2v) is 7.10. The van der Waals surface area contributed by atoms with E-state index in [4.69, 9.17) is 10.2 Å². The summed E-state index contributed by atoms with van der Waals surface area (Å²) in [5.41, 5.74) is 5.86. The number of amides is 1. The highest BCUT2D eigenvalue weighted by atomic mass is 16.3. The summed E-state index contributed by atoms with van der Waals surface area (Å²) in [5.74, 6) is 2.06. The summed E-state index contributed by atoms with van der Waals surface area (Å²) in [6.45, 7) is 7.41. The van der Waals surface area contributed by atoms with Crippen molar-refractivity contribution in [1.82, 2.24) is 14.7 Å². The Morgan fingerprint density at radius 1 is 1.32 bits per heavy atom. The first-order valence-corrected chi connectivity index (χ1v) is 8.55. The smallest absolute Gasteiger partial charge is 0.290 e. The van der Waals surface area contributed by atoms with Crippen LogP contribution in [0.25, 0.3) is 11.5 Å². The molecule has 0 bridgehead atoms. The predicted molar refractivity (Wildman–Crippen MR) is 94.9 cm³/mol. The number of nitrogens with zero attached hydrogens (tertiary/aromatic N) is 3. The van der Waals surface area contributed by atoms with E-state index in [9.17, 15) is 9.59 Å². The van der Waals surface area contributed by atoms with Crippen molar-refractivity contribution in [3.8, 4) is 11.5 Å². The molecule has 2 N–H and O–H groups in total. The minimum absolute atomic E-state index is 0.0484. The second-order valence-electron chi connectivity index (χ2n) is 7.10. The SMILES string of the molecule is Cc1ccc(-c2cc(N)c(=O)n(CC(=O)N3C[C@H](C)C[C@@H](C)C3)n2)o1. The van der Waals surface area contributed by atoms with Gasteiger partial charge in [-0.2, -0.15) is 5.10 Å². The molecular formula is C18H24N4O3. The predicted octanol–water partition coefficient (Wildman–Crippen LogP) is 1.90. The van der Waals surface area contributed by atoms with E-state index in [1.165, 1.54) is 6.07 Å². The van der Waals surface area contributed by atoms with Crippen LogP contribution in [0.2, 0.25) is 0 Å². The molecule has 1 fully saturated rings. The number of aryl methyl sites for hydroxylation is 1. The van der Waals surface area contributed by atoms with Gasteiger partial charge in [-0.15, -0.1) is 0 Å². The van der Waals surface area contributed by atoms with Crippen molar-refractivity contribution in [3.05, 3.63) is 34.3 Å². The second kappa shape index (κ2) is 6.74. The first-order valence-electron chi connectivity index (χ1n) is 8.55. The molecule has 1 aliphatic rings. The molecule has 0 aromatic carbocycles. The number of furan rings is 1. The fourth-order valence-corrected chi connectivity index (χ4v) is 3.46. The van der Waals surface area contributed by atoms with Crippen LogP contribution in [0.15, 0.2) is 27.4 Å². The molecule has 2 aromatic rings. The summed E-state index contributed by atoms with van der Waals surface area (Å²) in [6, 6.07) is 5.05. The van der Waals surface area contributed by atoms with Gasteiger partial charge in [0.05, 0.1) is 0 Å². The summed E-state index contributed by atoms with van der Waals surface area (Å²) in [7, 11) is 0. The molecule has 1 saturated heterocycles. The van der Waals surface area contributed by atoms with Crippen LogP contribution >= 0.6 is 0 Å². The average molecular weight is 344 g/mol. The lowest BCUT2D eigenvalue weighted by Crippen LogP contribution is -2.45. The molecule has 0 unspecified atom stereocenters. The summed E-state index contributed by atoms with van der Waals surface area (Å²) in [5, 5.41) is 4.27. The third-order valence-electron chi connectivity index (χ3n) is 4.50. The van der Waals surface area contributed by atoms with Crippen molar-refractivity contribution in [2.45, 2.75) is 33.7 Å². The van der Waals surface area contributed by atoms with Crippen LogP contribution < -0.4 is 11.3 Å². The van der Waals surface area contributed by atoms with Crippen molar-refractivity contribution < 1.29 is 9.21 Å². The fraction of sp³-hybridized carbons (Fsp3) is 0.500. The Kier molecular flexibility index (Phi) is 4.65. The lowest BCUT2D eigenvalue weighted by Gasteiger charge is -2.35. The first-order chi connectivity index (χ1) is 11.8. The van der Waals surface area contributed by atoms with Crippen molar-refractivity contribution in [1.29, 1.82) is 0 Å². The fourth-order valence-electron chi connectivity index (χ4n) is 3.46. The van der Waals surface area contributed by atoms with Gasteiger partial charge in [0.25, 0.3) is 5.56 Å². The number of piperidine rings is 1. The number of anilines is 1. The third-order valence-corrected chi connectivity index (χ3v) is 4.50. The lowest BCUT2D eigenvalue weighted by atomic mass is 9.92. The number of nitrogen functional groups attached to an aromatic ring is 1. The molecule has 134 valence electrons. The maximum atomic E-state index is 12.6. The van der Waals surface area contributed by atoms with Crippen molar-refractivity contribution in [2.75, 3.05) is 18.8 Å². The molecule has 0 radical (unpaired) electrons. The molecule has 7 nitrogen and oxygen atoms in total. The van der Waals surface area contributed by atoms with Gasteiger partial charge in [0.15, 0.2) is 5.76 Å². The summed E-state index contributed by atoms with van der Waals surface area (Å²) >= 11 is 0.